The van der Waals surface area contributed by atoms with Crippen molar-refractivity contribution < 1.29 is 12.9 Å². The van der Waals surface area contributed by atoms with Crippen molar-refractivity contribution >= 4 is 21.1 Å². The highest BCUT2D eigenvalue weighted by molar-refractivity contribution is 7.89. The second kappa shape index (κ2) is 8.21. The molecule has 0 radical (unpaired) electrons. The van der Waals surface area contributed by atoms with Crippen molar-refractivity contribution in [3.8, 4) is 11.3 Å². The predicted octanol–water partition coefficient (Wildman–Crippen LogP) is 2.14. The molecule has 2 heterocycles. The van der Waals surface area contributed by atoms with Gasteiger partial charge >= 0.3 is 11.1 Å². The average molecular weight is 455 g/mol. The normalized spacial score (nSPS) is 12.0. The van der Waals surface area contributed by atoms with E-state index in [1.165, 1.54) is 35.4 Å². The molecule has 9 nitrogen and oxygen atoms in total. The average Bonchev–Trinajstić information content (AvgIpc) is 3.26. The van der Waals surface area contributed by atoms with E-state index in [0.29, 0.717) is 22.5 Å². The van der Waals surface area contributed by atoms with Crippen molar-refractivity contribution in [2.75, 3.05) is 14.1 Å². The second-order valence-electron chi connectivity index (χ2n) is 7.43. The molecule has 4 aromatic rings. The molecule has 0 amide bonds. The van der Waals surface area contributed by atoms with Crippen LogP contribution in [0.25, 0.3) is 22.4 Å². The van der Waals surface area contributed by atoms with Crippen LogP contribution in [0.1, 0.15) is 12.6 Å². The first-order chi connectivity index (χ1) is 15.2. The van der Waals surface area contributed by atoms with Gasteiger partial charge in [-0.1, -0.05) is 35.5 Å². The van der Waals surface area contributed by atoms with Crippen molar-refractivity contribution in [2.24, 2.45) is 0 Å². The number of nitrogens with zero attached hydrogens (tertiary/aromatic N) is 4. The van der Waals surface area contributed by atoms with Crippen molar-refractivity contribution in [2.45, 2.75) is 24.9 Å². The highest BCUT2D eigenvalue weighted by Crippen LogP contribution is 2.22. The Morgan fingerprint density at radius 2 is 1.62 bits per heavy atom. The largest absolute Gasteiger partial charge is 0.356 e. The van der Waals surface area contributed by atoms with E-state index >= 15 is 0 Å². The Balaban J connectivity index is 1.90. The maximum absolute atomic E-state index is 12.9. The van der Waals surface area contributed by atoms with Gasteiger partial charge in [0.25, 0.3) is 0 Å². The molecule has 0 N–H and O–H groups in total. The van der Waals surface area contributed by atoms with Crippen LogP contribution in [0.3, 0.4) is 0 Å². The maximum Gasteiger partial charge on any atom is 0.317 e. The van der Waals surface area contributed by atoms with E-state index < -0.39 is 21.1 Å². The van der Waals surface area contributed by atoms with E-state index in [0.717, 1.165) is 9.87 Å². The van der Waals surface area contributed by atoms with E-state index in [1.807, 2.05) is 30.3 Å². The third kappa shape index (κ3) is 3.67. The molecule has 0 bridgehead atoms. The van der Waals surface area contributed by atoms with Gasteiger partial charge in [-0.15, -0.1) is 0 Å². The summed E-state index contributed by atoms with van der Waals surface area (Å²) in [5, 5.41) is 4.04. The van der Waals surface area contributed by atoms with Crippen LogP contribution >= 0.6 is 0 Å². The van der Waals surface area contributed by atoms with Crippen LogP contribution in [-0.4, -0.2) is 41.1 Å². The van der Waals surface area contributed by atoms with Crippen molar-refractivity contribution in [1.82, 2.24) is 18.6 Å². The second-order valence-corrected chi connectivity index (χ2v) is 9.58. The highest BCUT2D eigenvalue weighted by atomic mass is 32.2. The van der Waals surface area contributed by atoms with Crippen molar-refractivity contribution in [3.63, 3.8) is 0 Å². The van der Waals surface area contributed by atoms with Crippen LogP contribution in [-0.2, 0) is 23.1 Å². The fourth-order valence-corrected chi connectivity index (χ4v) is 4.45. The molecule has 0 aliphatic carbocycles. The maximum atomic E-state index is 12.9. The minimum Gasteiger partial charge on any atom is -0.356 e. The first kappa shape index (κ1) is 21.7. The van der Waals surface area contributed by atoms with Crippen LogP contribution in [0.4, 0.5) is 0 Å². The molecule has 0 fully saturated rings. The van der Waals surface area contributed by atoms with Gasteiger partial charge in [0.2, 0.25) is 10.0 Å². The lowest BCUT2D eigenvalue weighted by Crippen LogP contribution is -2.41. The molecule has 0 spiro atoms. The fraction of sp³-hybridized carbons (Fsp3) is 0.227. The lowest BCUT2D eigenvalue weighted by atomic mass is 10.1. The summed E-state index contributed by atoms with van der Waals surface area (Å²) in [5.41, 5.74) is 0.592. The number of aryl methyl sites for hydroxylation is 1. The number of aromatic nitrogens is 3. The summed E-state index contributed by atoms with van der Waals surface area (Å²) in [5.74, 6) is 0.524. The van der Waals surface area contributed by atoms with Crippen molar-refractivity contribution in [3.05, 3.63) is 81.0 Å². The summed E-state index contributed by atoms with van der Waals surface area (Å²) < 4.78 is 34.4. The Hall–Kier alpha value is -3.50. The Labute approximate surface area is 184 Å². The number of benzene rings is 2. The van der Waals surface area contributed by atoms with Crippen LogP contribution < -0.4 is 11.1 Å². The molecule has 2 aromatic heterocycles. The van der Waals surface area contributed by atoms with E-state index in [2.05, 4.69) is 5.16 Å². The Morgan fingerprint density at radius 3 is 2.28 bits per heavy atom. The van der Waals surface area contributed by atoms with Gasteiger partial charge in [-0.2, -0.15) is 0 Å². The zero-order valence-electron chi connectivity index (χ0n) is 17.8. The summed E-state index contributed by atoms with van der Waals surface area (Å²) in [6.07, 6.45) is 0. The number of rotatable bonds is 6. The summed E-state index contributed by atoms with van der Waals surface area (Å²) >= 11 is 0. The summed E-state index contributed by atoms with van der Waals surface area (Å²) in [6.45, 7) is 1.98. The quantitative estimate of drug-likeness (QED) is 0.413. The lowest BCUT2D eigenvalue weighted by Gasteiger charge is -2.16. The van der Waals surface area contributed by atoms with E-state index in [-0.39, 0.29) is 18.0 Å². The van der Waals surface area contributed by atoms with Gasteiger partial charge in [0.1, 0.15) is 5.69 Å². The highest BCUT2D eigenvalue weighted by Gasteiger charge is 2.21. The molecule has 0 atom stereocenters. The Morgan fingerprint density at radius 1 is 0.938 bits per heavy atom. The lowest BCUT2D eigenvalue weighted by molar-refractivity contribution is 0.421. The van der Waals surface area contributed by atoms with Gasteiger partial charge in [0, 0.05) is 32.3 Å². The van der Waals surface area contributed by atoms with Crippen LogP contribution in [0, 0.1) is 0 Å². The smallest absolute Gasteiger partial charge is 0.317 e. The van der Waals surface area contributed by atoms with Gasteiger partial charge in [-0.25, -0.2) is 12.7 Å². The van der Waals surface area contributed by atoms with Crippen LogP contribution in [0.15, 0.2) is 73.6 Å². The van der Waals surface area contributed by atoms with Gasteiger partial charge in [-0.3, -0.25) is 14.2 Å². The zero-order valence-corrected chi connectivity index (χ0v) is 18.7. The van der Waals surface area contributed by atoms with E-state index in [4.69, 9.17) is 4.52 Å². The Bertz CT molecular complexity index is 1520. The molecule has 0 saturated heterocycles. The van der Waals surface area contributed by atoms with Gasteiger partial charge < -0.3 is 9.09 Å². The number of hydrogen-bond acceptors (Lipinski definition) is 6. The first-order valence-electron chi connectivity index (χ1n) is 9.95. The minimum absolute atomic E-state index is 0.0228. The van der Waals surface area contributed by atoms with E-state index in [9.17, 15) is 18.0 Å². The molecule has 0 aliphatic rings. The first-order valence-corrected chi connectivity index (χ1v) is 11.4. The monoisotopic (exact) mass is 454 g/mol. The molecule has 0 aliphatic heterocycles. The molecule has 166 valence electrons. The predicted molar refractivity (Wildman–Crippen MR) is 120 cm³/mol. The van der Waals surface area contributed by atoms with Crippen LogP contribution in [0.5, 0.6) is 0 Å². The van der Waals surface area contributed by atoms with Gasteiger partial charge in [0.05, 0.1) is 22.5 Å². The van der Waals surface area contributed by atoms with Gasteiger partial charge in [0.15, 0.2) is 5.76 Å². The Kier molecular flexibility index (Phi) is 5.57. The molecular formula is C22H22N4O5S. The van der Waals surface area contributed by atoms with Gasteiger partial charge in [-0.05, 0) is 25.1 Å². The van der Waals surface area contributed by atoms with E-state index in [1.54, 1.807) is 19.1 Å². The third-order valence-corrected chi connectivity index (χ3v) is 7.04. The molecule has 2 aromatic carbocycles. The fourth-order valence-electron chi connectivity index (χ4n) is 3.53. The molecule has 0 saturated carbocycles. The molecular weight excluding hydrogens is 432 g/mol. The molecule has 0 unspecified atom stereocenters. The standard InChI is InChI=1S/C22H22N4O5S/c1-4-25-18-11-10-17(32(29,30)24(2)3)13-19(18)26(22(28)21(25)27)14-16-12-20(31-23-16)15-8-6-5-7-9-15/h5-13H,4,14H2,1-3H3. The molecule has 32 heavy (non-hydrogen) atoms. The topological polar surface area (TPSA) is 107 Å². The summed E-state index contributed by atoms with van der Waals surface area (Å²) in [4.78, 5) is 25.7. The SMILES string of the molecule is CCn1c(=O)c(=O)n(Cc2cc(-c3ccccc3)on2)c2cc(S(=O)(=O)N(C)C)ccc21. The summed E-state index contributed by atoms with van der Waals surface area (Å²) in [6, 6.07) is 15.4. The third-order valence-electron chi connectivity index (χ3n) is 5.23. The number of fused-ring (bicyclic) bond motifs is 1. The molecule has 4 rings (SSSR count). The molecule has 10 heteroatoms. The number of hydrogen-bond donors (Lipinski definition) is 0. The zero-order chi connectivity index (χ0) is 23.0. The van der Waals surface area contributed by atoms with Crippen molar-refractivity contribution in [1.29, 1.82) is 0 Å². The minimum atomic E-state index is -3.74. The summed E-state index contributed by atoms with van der Waals surface area (Å²) in [7, 11) is -0.875. The number of sulfonamides is 1. The van der Waals surface area contributed by atoms with Crippen LogP contribution in [0.2, 0.25) is 0 Å².